The molecule has 1 N–H and O–H groups in total. The van der Waals surface area contributed by atoms with Gasteiger partial charge < -0.3 is 9.84 Å². The van der Waals surface area contributed by atoms with Crippen LogP contribution in [0.2, 0.25) is 0 Å². The lowest BCUT2D eigenvalue weighted by molar-refractivity contribution is -0.136. The van der Waals surface area contributed by atoms with Crippen molar-refractivity contribution in [3.8, 4) is 0 Å². The van der Waals surface area contributed by atoms with Crippen LogP contribution in [-0.4, -0.2) is 34.7 Å². The van der Waals surface area contributed by atoms with E-state index in [1.54, 1.807) is 31.2 Å². The molecule has 0 spiro atoms. The zero-order chi connectivity index (χ0) is 17.1. The summed E-state index contributed by atoms with van der Waals surface area (Å²) in [5.41, 5.74) is 1.12. The second-order valence-corrected chi connectivity index (χ2v) is 6.28. The fourth-order valence-electron chi connectivity index (χ4n) is 2.79. The van der Waals surface area contributed by atoms with E-state index < -0.39 is 24.0 Å². The third-order valence-electron chi connectivity index (χ3n) is 4.17. The van der Waals surface area contributed by atoms with Crippen molar-refractivity contribution in [1.82, 2.24) is 4.90 Å². The number of carbonyl (C=O) groups excluding carboxylic acids is 2. The number of imide groups is 1. The van der Waals surface area contributed by atoms with Crippen LogP contribution in [0.15, 0.2) is 42.5 Å². The standard InChI is InChI=1S/C18H23NO4/c1-11(2)14-10-23-18(22)19(14)17(21)15(12(3)4)16(20)13-8-6-5-7-9-13/h5-9,11,14-16,20H,3,10H2,1-2,4H3/t14-,15+,16-/m1/s1. The summed E-state index contributed by atoms with van der Waals surface area (Å²) in [4.78, 5) is 26.1. The van der Waals surface area contributed by atoms with Crippen LogP contribution in [0.25, 0.3) is 0 Å². The van der Waals surface area contributed by atoms with E-state index in [9.17, 15) is 14.7 Å². The lowest BCUT2D eigenvalue weighted by Crippen LogP contribution is -2.46. The number of nitrogens with zero attached hydrogens (tertiary/aromatic N) is 1. The van der Waals surface area contributed by atoms with Crippen LogP contribution in [0.4, 0.5) is 4.79 Å². The number of cyclic esters (lactones) is 1. The molecule has 5 heteroatoms. The van der Waals surface area contributed by atoms with Crippen molar-refractivity contribution in [2.24, 2.45) is 11.8 Å². The zero-order valence-corrected chi connectivity index (χ0v) is 13.7. The Hall–Kier alpha value is -2.14. The number of rotatable bonds is 5. The maximum atomic E-state index is 12.9. The predicted octanol–water partition coefficient (Wildman–Crippen LogP) is 2.92. The van der Waals surface area contributed by atoms with E-state index in [0.717, 1.165) is 4.90 Å². The molecule has 1 heterocycles. The smallest absolute Gasteiger partial charge is 0.417 e. The Morgan fingerprint density at radius 3 is 2.48 bits per heavy atom. The monoisotopic (exact) mass is 317 g/mol. The molecule has 0 saturated carbocycles. The highest BCUT2D eigenvalue weighted by atomic mass is 16.6. The fraction of sp³-hybridized carbons (Fsp3) is 0.444. The van der Waals surface area contributed by atoms with E-state index in [1.165, 1.54) is 0 Å². The van der Waals surface area contributed by atoms with E-state index in [1.807, 2.05) is 19.9 Å². The Kier molecular flexibility index (Phi) is 5.21. The first-order chi connectivity index (χ1) is 10.8. The summed E-state index contributed by atoms with van der Waals surface area (Å²) >= 11 is 0. The summed E-state index contributed by atoms with van der Waals surface area (Å²) in [6.07, 6.45) is -1.71. The van der Waals surface area contributed by atoms with E-state index >= 15 is 0 Å². The number of carbonyl (C=O) groups is 2. The van der Waals surface area contributed by atoms with Crippen LogP contribution < -0.4 is 0 Å². The van der Waals surface area contributed by atoms with E-state index in [0.29, 0.717) is 11.1 Å². The summed E-state index contributed by atoms with van der Waals surface area (Å²) in [7, 11) is 0. The molecule has 1 saturated heterocycles. The Morgan fingerprint density at radius 2 is 1.96 bits per heavy atom. The second kappa shape index (κ2) is 6.96. The van der Waals surface area contributed by atoms with Gasteiger partial charge in [0.05, 0.1) is 18.1 Å². The molecule has 1 aromatic rings. The molecule has 2 rings (SSSR count). The third-order valence-corrected chi connectivity index (χ3v) is 4.17. The minimum absolute atomic E-state index is 0.0741. The quantitative estimate of drug-likeness (QED) is 0.848. The van der Waals surface area contributed by atoms with Crippen molar-refractivity contribution in [1.29, 1.82) is 0 Å². The number of aliphatic hydroxyl groups excluding tert-OH is 1. The zero-order valence-electron chi connectivity index (χ0n) is 13.7. The molecule has 3 atom stereocenters. The maximum Gasteiger partial charge on any atom is 0.417 e. The third kappa shape index (κ3) is 3.45. The van der Waals surface area contributed by atoms with Gasteiger partial charge in [0.15, 0.2) is 0 Å². The SMILES string of the molecule is C=C(C)[C@H](C(=O)N1C(=O)OC[C@@H]1C(C)C)[C@H](O)c1ccccc1. The molecule has 2 amide bonds. The molecule has 124 valence electrons. The Labute approximate surface area is 136 Å². The summed E-state index contributed by atoms with van der Waals surface area (Å²) in [5.74, 6) is -1.27. The average Bonchev–Trinajstić information content (AvgIpc) is 2.89. The Bertz CT molecular complexity index is 596. The lowest BCUT2D eigenvalue weighted by atomic mass is 9.88. The first-order valence-corrected chi connectivity index (χ1v) is 7.72. The molecule has 0 bridgehead atoms. The Balaban J connectivity index is 2.32. The molecular formula is C18H23NO4. The van der Waals surface area contributed by atoms with Crippen molar-refractivity contribution in [2.75, 3.05) is 6.61 Å². The number of amides is 2. The lowest BCUT2D eigenvalue weighted by Gasteiger charge is -2.29. The van der Waals surface area contributed by atoms with Crippen LogP contribution in [0.3, 0.4) is 0 Å². The van der Waals surface area contributed by atoms with Gasteiger partial charge in [0.25, 0.3) is 0 Å². The van der Waals surface area contributed by atoms with E-state index in [-0.39, 0.29) is 18.6 Å². The van der Waals surface area contributed by atoms with Crippen LogP contribution in [-0.2, 0) is 9.53 Å². The van der Waals surface area contributed by atoms with Gasteiger partial charge in [-0.25, -0.2) is 9.69 Å². The minimum Gasteiger partial charge on any atom is -0.447 e. The molecule has 0 aliphatic carbocycles. The highest BCUT2D eigenvalue weighted by molar-refractivity contribution is 5.96. The van der Waals surface area contributed by atoms with Gasteiger partial charge >= 0.3 is 6.09 Å². The van der Waals surface area contributed by atoms with E-state index in [2.05, 4.69) is 6.58 Å². The number of hydrogen-bond acceptors (Lipinski definition) is 4. The van der Waals surface area contributed by atoms with Gasteiger partial charge in [-0.1, -0.05) is 56.3 Å². The van der Waals surface area contributed by atoms with Crippen molar-refractivity contribution < 1.29 is 19.4 Å². The minimum atomic E-state index is -1.05. The molecule has 0 radical (unpaired) electrons. The topological polar surface area (TPSA) is 66.8 Å². The second-order valence-electron chi connectivity index (χ2n) is 6.28. The maximum absolute atomic E-state index is 12.9. The predicted molar refractivity (Wildman–Crippen MR) is 86.5 cm³/mol. The molecule has 23 heavy (non-hydrogen) atoms. The number of hydrogen-bond donors (Lipinski definition) is 1. The van der Waals surface area contributed by atoms with Crippen molar-refractivity contribution in [3.05, 3.63) is 48.0 Å². The molecule has 0 aromatic heterocycles. The van der Waals surface area contributed by atoms with Crippen molar-refractivity contribution in [2.45, 2.75) is 32.9 Å². The van der Waals surface area contributed by atoms with Crippen LogP contribution in [0, 0.1) is 11.8 Å². The first-order valence-electron chi connectivity index (χ1n) is 7.72. The number of aliphatic hydroxyl groups is 1. The van der Waals surface area contributed by atoms with Crippen LogP contribution in [0.5, 0.6) is 0 Å². The van der Waals surface area contributed by atoms with Crippen molar-refractivity contribution >= 4 is 12.0 Å². The highest BCUT2D eigenvalue weighted by Crippen LogP contribution is 2.32. The summed E-state index contributed by atoms with van der Waals surface area (Å²) < 4.78 is 5.03. The highest BCUT2D eigenvalue weighted by Gasteiger charge is 2.44. The van der Waals surface area contributed by atoms with Gasteiger partial charge in [-0.05, 0) is 18.4 Å². The Morgan fingerprint density at radius 1 is 1.35 bits per heavy atom. The van der Waals surface area contributed by atoms with Gasteiger partial charge in [-0.2, -0.15) is 0 Å². The molecule has 1 fully saturated rings. The first kappa shape index (κ1) is 17.2. The average molecular weight is 317 g/mol. The van der Waals surface area contributed by atoms with Crippen LogP contribution in [0.1, 0.15) is 32.4 Å². The van der Waals surface area contributed by atoms with Gasteiger partial charge in [-0.3, -0.25) is 4.79 Å². The summed E-state index contributed by atoms with van der Waals surface area (Å²) in [6.45, 7) is 9.55. The molecule has 5 nitrogen and oxygen atoms in total. The summed E-state index contributed by atoms with van der Waals surface area (Å²) in [6, 6.07) is 8.59. The fourth-order valence-corrected chi connectivity index (χ4v) is 2.79. The van der Waals surface area contributed by atoms with E-state index in [4.69, 9.17) is 4.74 Å². The van der Waals surface area contributed by atoms with Crippen LogP contribution >= 0.6 is 0 Å². The van der Waals surface area contributed by atoms with Gasteiger partial charge in [0.1, 0.15) is 6.61 Å². The molecule has 0 unspecified atom stereocenters. The largest absolute Gasteiger partial charge is 0.447 e. The molecule has 1 aromatic carbocycles. The molecule has 1 aliphatic heterocycles. The molecule has 1 aliphatic rings. The van der Waals surface area contributed by atoms with Crippen molar-refractivity contribution in [3.63, 3.8) is 0 Å². The van der Waals surface area contributed by atoms with Gasteiger partial charge in [0, 0.05) is 0 Å². The molecular weight excluding hydrogens is 294 g/mol. The van der Waals surface area contributed by atoms with Gasteiger partial charge in [-0.15, -0.1) is 0 Å². The number of ether oxygens (including phenoxy) is 1. The number of benzene rings is 1. The normalized spacial score (nSPS) is 20.3. The van der Waals surface area contributed by atoms with Gasteiger partial charge in [0.2, 0.25) is 5.91 Å². The summed E-state index contributed by atoms with van der Waals surface area (Å²) in [5, 5.41) is 10.6.